The highest BCUT2D eigenvalue weighted by Gasteiger charge is 1.94. The lowest BCUT2D eigenvalue weighted by molar-refractivity contribution is 0.843. The average Bonchev–Trinajstić information content (AvgIpc) is 2.45. The number of hydrogen-bond acceptors (Lipinski definition) is 0. The van der Waals surface area contributed by atoms with E-state index in [1.165, 1.54) is 29.5 Å². The quantitative estimate of drug-likeness (QED) is 0.633. The minimum Gasteiger partial charge on any atom is -0.0810 e. The molecular weight excluding hydrogens is 216 g/mol. The molecule has 0 nitrogen and oxygen atoms in total. The van der Waals surface area contributed by atoms with Crippen molar-refractivity contribution in [1.82, 2.24) is 0 Å². The Bertz CT molecular complexity index is 480. The normalized spacial score (nSPS) is 11.5. The summed E-state index contributed by atoms with van der Waals surface area (Å²) >= 11 is 0. The highest BCUT2D eigenvalue weighted by molar-refractivity contribution is 5.63. The fourth-order valence-corrected chi connectivity index (χ4v) is 2.09. The summed E-state index contributed by atoms with van der Waals surface area (Å²) in [5.74, 6) is 0. The molecule has 0 spiro atoms. The van der Waals surface area contributed by atoms with Gasteiger partial charge in [-0.25, -0.2) is 0 Å². The van der Waals surface area contributed by atoms with E-state index in [1.54, 1.807) is 0 Å². The van der Waals surface area contributed by atoms with Gasteiger partial charge >= 0.3 is 0 Å². The van der Waals surface area contributed by atoms with Crippen LogP contribution >= 0.6 is 0 Å². The van der Waals surface area contributed by atoms with E-state index in [1.807, 2.05) is 0 Å². The second kappa shape index (κ2) is 6.80. The van der Waals surface area contributed by atoms with Crippen LogP contribution in [-0.4, -0.2) is 0 Å². The molecule has 0 amide bonds. The second-order valence-electron chi connectivity index (χ2n) is 4.63. The topological polar surface area (TPSA) is 0 Å². The van der Waals surface area contributed by atoms with Gasteiger partial charge < -0.3 is 0 Å². The van der Waals surface area contributed by atoms with Gasteiger partial charge in [-0.15, -0.1) is 0 Å². The highest BCUT2D eigenvalue weighted by Crippen LogP contribution is 2.14. The zero-order valence-electron chi connectivity index (χ0n) is 11.0. The summed E-state index contributed by atoms with van der Waals surface area (Å²) in [4.78, 5) is 0. The molecule has 0 aromatic heterocycles. The first-order valence-electron chi connectivity index (χ1n) is 6.62. The van der Waals surface area contributed by atoms with Crippen molar-refractivity contribution >= 4 is 5.57 Å². The van der Waals surface area contributed by atoms with Crippen LogP contribution in [0.2, 0.25) is 0 Å². The molecule has 0 saturated carbocycles. The van der Waals surface area contributed by atoms with E-state index in [0.717, 1.165) is 6.42 Å². The molecule has 18 heavy (non-hydrogen) atoms. The van der Waals surface area contributed by atoms with E-state index < -0.39 is 0 Å². The van der Waals surface area contributed by atoms with Crippen molar-refractivity contribution in [2.45, 2.75) is 26.2 Å². The zero-order valence-corrected chi connectivity index (χ0v) is 11.0. The van der Waals surface area contributed by atoms with Crippen LogP contribution in [-0.2, 0) is 6.42 Å². The van der Waals surface area contributed by atoms with Gasteiger partial charge in [0.2, 0.25) is 0 Å². The third kappa shape index (κ3) is 3.89. The lowest BCUT2D eigenvalue weighted by Crippen LogP contribution is -1.84. The van der Waals surface area contributed by atoms with E-state index in [2.05, 4.69) is 73.7 Å². The molecule has 0 radical (unpaired) electrons. The highest BCUT2D eigenvalue weighted by atomic mass is 14.0. The van der Waals surface area contributed by atoms with Crippen LogP contribution in [0.15, 0.2) is 66.7 Å². The number of hydrogen-bond donors (Lipinski definition) is 0. The van der Waals surface area contributed by atoms with Gasteiger partial charge in [0.15, 0.2) is 0 Å². The van der Waals surface area contributed by atoms with Crippen molar-refractivity contribution in [2.75, 3.05) is 0 Å². The predicted octanol–water partition coefficient (Wildman–Crippen LogP) is 5.11. The van der Waals surface area contributed by atoms with E-state index >= 15 is 0 Å². The van der Waals surface area contributed by atoms with Crippen molar-refractivity contribution in [3.05, 3.63) is 77.9 Å². The number of allylic oxidation sites excluding steroid dienone is 2. The number of unbranched alkanes of at least 4 members (excludes halogenated alkanes) is 1. The predicted molar refractivity (Wildman–Crippen MR) is 79.5 cm³/mol. The third-order valence-corrected chi connectivity index (χ3v) is 3.19. The van der Waals surface area contributed by atoms with Gasteiger partial charge in [-0.05, 0) is 42.9 Å². The lowest BCUT2D eigenvalue weighted by atomic mass is 10.0. The van der Waals surface area contributed by atoms with Crippen LogP contribution in [0.3, 0.4) is 0 Å². The van der Waals surface area contributed by atoms with Crippen LogP contribution in [0.5, 0.6) is 0 Å². The van der Waals surface area contributed by atoms with Gasteiger partial charge in [0, 0.05) is 0 Å². The zero-order chi connectivity index (χ0) is 12.6. The molecule has 0 aliphatic carbocycles. The fraction of sp³-hybridized carbons (Fsp3) is 0.222. The molecule has 2 aromatic carbocycles. The molecule has 0 fully saturated rings. The summed E-state index contributed by atoms with van der Waals surface area (Å²) < 4.78 is 0. The second-order valence-corrected chi connectivity index (χ2v) is 4.63. The van der Waals surface area contributed by atoms with Crippen molar-refractivity contribution < 1.29 is 0 Å². The minimum absolute atomic E-state index is 1.15. The van der Waals surface area contributed by atoms with Crippen molar-refractivity contribution in [1.29, 1.82) is 0 Å². The Hall–Kier alpha value is -1.82. The molecule has 0 N–H and O–H groups in total. The largest absolute Gasteiger partial charge is 0.0810 e. The van der Waals surface area contributed by atoms with E-state index in [4.69, 9.17) is 0 Å². The number of benzene rings is 2. The smallest absolute Gasteiger partial charge is 0.0231 e. The van der Waals surface area contributed by atoms with Gasteiger partial charge in [-0.3, -0.25) is 0 Å². The first-order chi connectivity index (χ1) is 8.86. The molecule has 0 saturated heterocycles. The summed E-state index contributed by atoms with van der Waals surface area (Å²) in [6.07, 6.45) is 5.88. The first-order valence-corrected chi connectivity index (χ1v) is 6.62. The Labute approximate surface area is 110 Å². The van der Waals surface area contributed by atoms with Crippen molar-refractivity contribution in [2.24, 2.45) is 0 Å². The summed E-state index contributed by atoms with van der Waals surface area (Å²) in [6, 6.07) is 21.3. The van der Waals surface area contributed by atoms with Gasteiger partial charge in [-0.2, -0.15) is 0 Å². The van der Waals surface area contributed by atoms with Gasteiger partial charge in [0.1, 0.15) is 0 Å². The molecule has 2 aromatic rings. The van der Waals surface area contributed by atoms with Crippen LogP contribution in [0.1, 0.15) is 30.9 Å². The Kier molecular flexibility index (Phi) is 4.78. The lowest BCUT2D eigenvalue weighted by Gasteiger charge is -2.02. The van der Waals surface area contributed by atoms with Gasteiger partial charge in [0.25, 0.3) is 0 Å². The first kappa shape index (κ1) is 12.6. The number of aryl methyl sites for hydroxylation is 1. The molecule has 2 rings (SSSR count). The van der Waals surface area contributed by atoms with Crippen LogP contribution in [0.25, 0.3) is 5.57 Å². The molecule has 0 aliphatic heterocycles. The summed E-state index contributed by atoms with van der Waals surface area (Å²) in [7, 11) is 0. The molecule has 0 atom stereocenters. The van der Waals surface area contributed by atoms with Gasteiger partial charge in [-0.1, -0.05) is 66.7 Å². The number of rotatable bonds is 5. The third-order valence-electron chi connectivity index (χ3n) is 3.19. The van der Waals surface area contributed by atoms with E-state index in [0.29, 0.717) is 0 Å². The molecule has 0 unspecified atom stereocenters. The molecular formula is C18H20. The summed E-state index contributed by atoms with van der Waals surface area (Å²) in [6.45, 7) is 2.19. The minimum atomic E-state index is 1.15. The monoisotopic (exact) mass is 236 g/mol. The Morgan fingerprint density at radius 3 is 2.17 bits per heavy atom. The Morgan fingerprint density at radius 1 is 0.889 bits per heavy atom. The average molecular weight is 236 g/mol. The standard InChI is InChI=1S/C18H20/c1-16(18-14-6-3-7-15-18)10-8-9-13-17-11-4-2-5-12-17/h2-7,10-12,14-15H,8-9,13H2,1H3/b16-10-. The summed E-state index contributed by atoms with van der Waals surface area (Å²) in [5, 5.41) is 0. The fourth-order valence-electron chi connectivity index (χ4n) is 2.09. The molecule has 0 aliphatic rings. The molecule has 0 heteroatoms. The van der Waals surface area contributed by atoms with Crippen molar-refractivity contribution in [3.63, 3.8) is 0 Å². The van der Waals surface area contributed by atoms with E-state index in [9.17, 15) is 0 Å². The molecule has 92 valence electrons. The maximum absolute atomic E-state index is 2.35. The van der Waals surface area contributed by atoms with Crippen LogP contribution in [0, 0.1) is 0 Å². The van der Waals surface area contributed by atoms with E-state index in [-0.39, 0.29) is 0 Å². The SMILES string of the molecule is C/C(=C/CCCc1ccccc1)c1ccccc1. The Morgan fingerprint density at radius 2 is 1.50 bits per heavy atom. The van der Waals surface area contributed by atoms with Gasteiger partial charge in [0.05, 0.1) is 0 Å². The van der Waals surface area contributed by atoms with Crippen LogP contribution in [0.4, 0.5) is 0 Å². The Balaban J connectivity index is 1.81. The maximum Gasteiger partial charge on any atom is -0.0231 e. The molecule has 0 heterocycles. The van der Waals surface area contributed by atoms with Crippen LogP contribution < -0.4 is 0 Å². The molecule has 0 bridgehead atoms. The maximum atomic E-state index is 2.35. The summed E-state index contributed by atoms with van der Waals surface area (Å²) in [5.41, 5.74) is 4.14. The van der Waals surface area contributed by atoms with Crippen molar-refractivity contribution in [3.8, 4) is 0 Å².